The maximum atomic E-state index is 12.5. The number of nitrogens with zero attached hydrogens (tertiary/aromatic N) is 1. The van der Waals surface area contributed by atoms with Crippen LogP contribution in [0.5, 0.6) is 0 Å². The molecule has 1 N–H and O–H groups in total. The molecule has 4 atom stereocenters. The summed E-state index contributed by atoms with van der Waals surface area (Å²) in [7, 11) is 0. The standard InChI is InChI=1S/C17H22BrNO2/c1-11(12-2-5-14(18)6-3-12)8-17(21)19-9-13-4-7-16(20)15(13)10-19/h2-3,5-6,11,13,15-16,20H,4,7-10H2,1H3. The summed E-state index contributed by atoms with van der Waals surface area (Å²) in [6.45, 7) is 3.69. The minimum atomic E-state index is -0.198. The van der Waals surface area contributed by atoms with E-state index in [-0.39, 0.29) is 17.9 Å². The molecule has 0 spiro atoms. The molecule has 1 aliphatic carbocycles. The van der Waals surface area contributed by atoms with E-state index >= 15 is 0 Å². The second-order valence-corrected chi connectivity index (χ2v) is 7.44. The fourth-order valence-corrected chi connectivity index (χ4v) is 4.00. The Hall–Kier alpha value is -0.870. The molecule has 114 valence electrons. The third-order valence-electron chi connectivity index (χ3n) is 5.09. The van der Waals surface area contributed by atoms with Gasteiger partial charge in [-0.15, -0.1) is 0 Å². The zero-order chi connectivity index (χ0) is 15.0. The fraction of sp³-hybridized carbons (Fsp3) is 0.588. The smallest absolute Gasteiger partial charge is 0.223 e. The predicted octanol–water partition coefficient (Wildman–Crippen LogP) is 3.17. The molecule has 0 aromatic heterocycles. The number of carbonyl (C=O) groups excluding carboxylic acids is 1. The molecule has 2 aliphatic rings. The quantitative estimate of drug-likeness (QED) is 0.908. The molecule has 1 saturated carbocycles. The molecule has 21 heavy (non-hydrogen) atoms. The lowest BCUT2D eigenvalue weighted by atomic mass is 9.97. The summed E-state index contributed by atoms with van der Waals surface area (Å²) in [4.78, 5) is 14.4. The number of rotatable bonds is 3. The van der Waals surface area contributed by atoms with Gasteiger partial charge in [0.05, 0.1) is 6.10 Å². The lowest BCUT2D eigenvalue weighted by Gasteiger charge is -2.21. The molecule has 1 saturated heterocycles. The van der Waals surface area contributed by atoms with Gasteiger partial charge in [-0.05, 0) is 42.4 Å². The Labute approximate surface area is 134 Å². The van der Waals surface area contributed by atoms with E-state index in [4.69, 9.17) is 0 Å². The first-order chi connectivity index (χ1) is 10.0. The zero-order valence-corrected chi connectivity index (χ0v) is 13.9. The van der Waals surface area contributed by atoms with Gasteiger partial charge >= 0.3 is 0 Å². The Morgan fingerprint density at radius 3 is 2.71 bits per heavy atom. The number of benzene rings is 1. The number of amides is 1. The molecule has 4 heteroatoms. The highest BCUT2D eigenvalue weighted by Gasteiger charge is 2.43. The molecule has 3 rings (SSSR count). The Morgan fingerprint density at radius 2 is 2.05 bits per heavy atom. The molecule has 4 unspecified atom stereocenters. The number of carbonyl (C=O) groups is 1. The Bertz CT molecular complexity index is 516. The van der Waals surface area contributed by atoms with Crippen molar-refractivity contribution in [3.8, 4) is 0 Å². The molecule has 1 heterocycles. The molecular formula is C17H22BrNO2. The molecular weight excluding hydrogens is 330 g/mol. The first kappa shape index (κ1) is 15.0. The van der Waals surface area contributed by atoms with Crippen LogP contribution < -0.4 is 0 Å². The summed E-state index contributed by atoms with van der Waals surface area (Å²) in [5, 5.41) is 9.94. The second kappa shape index (κ2) is 6.09. The average molecular weight is 352 g/mol. The number of fused-ring (bicyclic) bond motifs is 1. The second-order valence-electron chi connectivity index (χ2n) is 6.52. The Balaban J connectivity index is 1.58. The van der Waals surface area contributed by atoms with E-state index in [1.54, 1.807) is 0 Å². The van der Waals surface area contributed by atoms with Gasteiger partial charge < -0.3 is 10.0 Å². The molecule has 1 amide bonds. The minimum absolute atomic E-state index is 0.198. The summed E-state index contributed by atoms with van der Waals surface area (Å²) < 4.78 is 1.06. The van der Waals surface area contributed by atoms with Crippen molar-refractivity contribution in [2.24, 2.45) is 11.8 Å². The van der Waals surface area contributed by atoms with Crippen molar-refractivity contribution in [1.29, 1.82) is 0 Å². The van der Waals surface area contributed by atoms with Crippen molar-refractivity contribution in [1.82, 2.24) is 4.90 Å². The molecule has 0 radical (unpaired) electrons. The van der Waals surface area contributed by atoms with Gasteiger partial charge in [0.25, 0.3) is 0 Å². The van der Waals surface area contributed by atoms with E-state index in [9.17, 15) is 9.90 Å². The van der Waals surface area contributed by atoms with Crippen LogP contribution >= 0.6 is 15.9 Å². The first-order valence-corrected chi connectivity index (χ1v) is 8.55. The third-order valence-corrected chi connectivity index (χ3v) is 5.62. The largest absolute Gasteiger partial charge is 0.393 e. The number of hydrogen-bond donors (Lipinski definition) is 1. The third kappa shape index (κ3) is 3.16. The summed E-state index contributed by atoms with van der Waals surface area (Å²) >= 11 is 3.43. The van der Waals surface area contributed by atoms with E-state index in [1.165, 1.54) is 5.56 Å². The predicted molar refractivity (Wildman–Crippen MR) is 86.0 cm³/mol. The normalized spacial score (nSPS) is 29.5. The van der Waals surface area contributed by atoms with Gasteiger partial charge in [-0.3, -0.25) is 4.79 Å². The highest BCUT2D eigenvalue weighted by Crippen LogP contribution is 2.38. The lowest BCUT2D eigenvalue weighted by molar-refractivity contribution is -0.130. The van der Waals surface area contributed by atoms with Crippen LogP contribution in [0.2, 0.25) is 0 Å². The van der Waals surface area contributed by atoms with Crippen LogP contribution in [-0.2, 0) is 4.79 Å². The Morgan fingerprint density at radius 1 is 1.33 bits per heavy atom. The van der Waals surface area contributed by atoms with Crippen molar-refractivity contribution < 1.29 is 9.90 Å². The van der Waals surface area contributed by atoms with Crippen LogP contribution in [-0.4, -0.2) is 35.1 Å². The van der Waals surface area contributed by atoms with Gasteiger partial charge in [0.2, 0.25) is 5.91 Å². The maximum Gasteiger partial charge on any atom is 0.223 e. The highest BCUT2D eigenvalue weighted by molar-refractivity contribution is 9.10. The molecule has 3 nitrogen and oxygen atoms in total. The summed E-state index contributed by atoms with van der Waals surface area (Å²) in [6.07, 6.45) is 2.33. The van der Waals surface area contributed by atoms with E-state index in [0.29, 0.717) is 18.3 Å². The topological polar surface area (TPSA) is 40.5 Å². The van der Waals surface area contributed by atoms with Gasteiger partial charge in [0.1, 0.15) is 0 Å². The van der Waals surface area contributed by atoms with Crippen molar-refractivity contribution in [3.63, 3.8) is 0 Å². The van der Waals surface area contributed by atoms with Gasteiger partial charge in [0.15, 0.2) is 0 Å². The van der Waals surface area contributed by atoms with E-state index in [1.807, 2.05) is 17.0 Å². The van der Waals surface area contributed by atoms with Crippen LogP contribution in [0.4, 0.5) is 0 Å². The lowest BCUT2D eigenvalue weighted by Crippen LogP contribution is -2.31. The van der Waals surface area contributed by atoms with Crippen LogP contribution in [0.3, 0.4) is 0 Å². The highest BCUT2D eigenvalue weighted by atomic mass is 79.9. The van der Waals surface area contributed by atoms with E-state index in [2.05, 4.69) is 35.0 Å². The van der Waals surface area contributed by atoms with Crippen LogP contribution in [0, 0.1) is 11.8 Å². The summed E-state index contributed by atoms with van der Waals surface area (Å²) in [6, 6.07) is 8.19. The zero-order valence-electron chi connectivity index (χ0n) is 12.3. The summed E-state index contributed by atoms with van der Waals surface area (Å²) in [5.41, 5.74) is 1.20. The SMILES string of the molecule is CC(CC(=O)N1CC2CCC(O)C2C1)c1ccc(Br)cc1. The van der Waals surface area contributed by atoms with Crippen LogP contribution in [0.15, 0.2) is 28.7 Å². The van der Waals surface area contributed by atoms with Gasteiger partial charge in [-0.25, -0.2) is 0 Å². The van der Waals surface area contributed by atoms with Gasteiger partial charge in [-0.2, -0.15) is 0 Å². The van der Waals surface area contributed by atoms with Gasteiger partial charge in [-0.1, -0.05) is 35.0 Å². The number of aliphatic hydroxyl groups excluding tert-OH is 1. The summed E-state index contributed by atoms with van der Waals surface area (Å²) in [5.74, 6) is 1.30. The van der Waals surface area contributed by atoms with Crippen LogP contribution in [0.1, 0.15) is 37.7 Å². The van der Waals surface area contributed by atoms with Gasteiger partial charge in [0, 0.05) is 29.9 Å². The fourth-order valence-electron chi connectivity index (χ4n) is 3.74. The monoisotopic (exact) mass is 351 g/mol. The average Bonchev–Trinajstić information content (AvgIpc) is 3.02. The molecule has 1 aromatic carbocycles. The van der Waals surface area contributed by atoms with Crippen molar-refractivity contribution >= 4 is 21.8 Å². The van der Waals surface area contributed by atoms with Crippen LogP contribution in [0.25, 0.3) is 0 Å². The molecule has 2 fully saturated rings. The number of halogens is 1. The first-order valence-electron chi connectivity index (χ1n) is 7.76. The molecule has 0 bridgehead atoms. The van der Waals surface area contributed by atoms with Crippen molar-refractivity contribution in [2.75, 3.05) is 13.1 Å². The maximum absolute atomic E-state index is 12.5. The Kier molecular flexibility index (Phi) is 4.36. The minimum Gasteiger partial charge on any atom is -0.393 e. The van der Waals surface area contributed by atoms with E-state index < -0.39 is 0 Å². The van der Waals surface area contributed by atoms with E-state index in [0.717, 1.165) is 30.4 Å². The van der Waals surface area contributed by atoms with Crippen molar-refractivity contribution in [2.45, 2.75) is 38.2 Å². The number of hydrogen-bond acceptors (Lipinski definition) is 2. The molecule has 1 aliphatic heterocycles. The number of aliphatic hydroxyl groups is 1. The number of likely N-dealkylation sites (tertiary alicyclic amines) is 1. The molecule has 1 aromatic rings. The van der Waals surface area contributed by atoms with Crippen molar-refractivity contribution in [3.05, 3.63) is 34.3 Å².